The lowest BCUT2D eigenvalue weighted by Crippen LogP contribution is -2.22. The van der Waals surface area contributed by atoms with Crippen LogP contribution in [0.3, 0.4) is 0 Å². The monoisotopic (exact) mass is 457 g/mol. The van der Waals surface area contributed by atoms with Crippen LogP contribution in [0.25, 0.3) is 5.78 Å². The van der Waals surface area contributed by atoms with E-state index in [2.05, 4.69) is 15.1 Å². The van der Waals surface area contributed by atoms with E-state index in [0.29, 0.717) is 17.5 Å². The van der Waals surface area contributed by atoms with Crippen LogP contribution in [0.2, 0.25) is 0 Å². The minimum Gasteiger partial charge on any atom is -0.459 e. The minimum absolute atomic E-state index is 0.0403. The van der Waals surface area contributed by atoms with Gasteiger partial charge in [-0.05, 0) is 45.9 Å². The molecule has 0 saturated heterocycles. The Kier molecular flexibility index (Phi) is 5.65. The first-order valence-corrected chi connectivity index (χ1v) is 10.4. The molecule has 13 heteroatoms. The number of para-hydroxylation sites is 1. The summed E-state index contributed by atoms with van der Waals surface area (Å²) in [5.41, 5.74) is -1.85. The molecule has 0 atom stereocenters. The van der Waals surface area contributed by atoms with Crippen LogP contribution in [-0.2, 0) is 20.9 Å². The number of esters is 1. The number of anilines is 1. The summed E-state index contributed by atoms with van der Waals surface area (Å²) in [5.74, 6) is -1.16. The van der Waals surface area contributed by atoms with E-state index in [1.165, 1.54) is 13.8 Å². The number of fused-ring (bicyclic) bond motifs is 1. The van der Waals surface area contributed by atoms with Gasteiger partial charge in [0.25, 0.3) is 21.0 Å². The Hall–Kier alpha value is -3.22. The molecule has 2 aromatic heterocycles. The second-order valence-electron chi connectivity index (χ2n) is 6.93. The average Bonchev–Trinajstić information content (AvgIpc) is 3.05. The Labute approximate surface area is 175 Å². The molecule has 0 aliphatic rings. The molecule has 0 saturated carbocycles. The molecule has 0 spiro atoms. The van der Waals surface area contributed by atoms with Gasteiger partial charge in [-0.3, -0.25) is 4.72 Å². The maximum atomic E-state index is 13.6. The lowest BCUT2D eigenvalue weighted by Gasteiger charge is -2.17. The number of aryl methyl sites for hydroxylation is 2. The van der Waals surface area contributed by atoms with E-state index in [1.54, 1.807) is 19.9 Å². The number of sulfonamides is 1. The van der Waals surface area contributed by atoms with Gasteiger partial charge in [0.15, 0.2) is 0 Å². The first-order valence-electron chi connectivity index (χ1n) is 8.94. The van der Waals surface area contributed by atoms with Crippen molar-refractivity contribution in [3.63, 3.8) is 0 Å². The fourth-order valence-corrected chi connectivity index (χ4v) is 3.76. The van der Waals surface area contributed by atoms with E-state index in [1.807, 2.05) is 4.72 Å². The Morgan fingerprint density at radius 2 is 1.87 bits per heavy atom. The summed E-state index contributed by atoms with van der Waals surface area (Å²) in [6.45, 7) is 6.32. The number of nitrogens with one attached hydrogen (secondary N) is 1. The summed E-state index contributed by atoms with van der Waals surface area (Å²) in [4.78, 5) is 20.2. The number of aromatic nitrogens is 4. The molecule has 2 heterocycles. The van der Waals surface area contributed by atoms with Crippen molar-refractivity contribution in [2.45, 2.75) is 45.1 Å². The minimum atomic E-state index is -4.95. The highest BCUT2D eigenvalue weighted by atomic mass is 32.2. The van der Waals surface area contributed by atoms with Gasteiger partial charge in [-0.15, -0.1) is 5.10 Å². The number of hydrogen-bond acceptors (Lipinski definition) is 7. The maximum absolute atomic E-state index is 13.6. The zero-order valence-electron chi connectivity index (χ0n) is 16.9. The topological polar surface area (TPSA) is 116 Å². The summed E-state index contributed by atoms with van der Waals surface area (Å²) in [7, 11) is -4.71. The van der Waals surface area contributed by atoms with E-state index < -0.39 is 50.2 Å². The molecule has 31 heavy (non-hydrogen) atoms. The summed E-state index contributed by atoms with van der Waals surface area (Å²) < 4.78 is 74.3. The van der Waals surface area contributed by atoms with Gasteiger partial charge < -0.3 is 4.74 Å². The number of rotatable bonds is 5. The number of carbonyl (C=O) groups is 1. The predicted molar refractivity (Wildman–Crippen MR) is 103 cm³/mol. The molecule has 0 radical (unpaired) electrons. The van der Waals surface area contributed by atoms with Crippen LogP contribution in [0, 0.1) is 13.8 Å². The third-order valence-corrected chi connectivity index (χ3v) is 5.13. The Morgan fingerprint density at radius 1 is 1.19 bits per heavy atom. The van der Waals surface area contributed by atoms with E-state index >= 15 is 0 Å². The van der Waals surface area contributed by atoms with Crippen LogP contribution >= 0.6 is 0 Å². The summed E-state index contributed by atoms with van der Waals surface area (Å²) in [6, 6.07) is 4.29. The summed E-state index contributed by atoms with van der Waals surface area (Å²) in [5, 5.41) is 3.03. The Bertz CT molecular complexity index is 1270. The van der Waals surface area contributed by atoms with E-state index in [-0.39, 0.29) is 5.78 Å². The van der Waals surface area contributed by atoms with E-state index in [9.17, 15) is 26.4 Å². The number of ether oxygens (including phenoxy) is 1. The second-order valence-corrected chi connectivity index (χ2v) is 8.51. The highest BCUT2D eigenvalue weighted by Crippen LogP contribution is 2.38. The largest absolute Gasteiger partial charge is 0.459 e. The first-order chi connectivity index (χ1) is 14.3. The smallest absolute Gasteiger partial charge is 0.418 e. The van der Waals surface area contributed by atoms with E-state index in [0.717, 1.165) is 16.6 Å². The molecule has 1 N–H and O–H groups in total. The number of halogens is 3. The maximum Gasteiger partial charge on any atom is 0.418 e. The zero-order valence-corrected chi connectivity index (χ0v) is 17.7. The number of nitrogens with zero attached hydrogens (tertiary/aromatic N) is 4. The molecule has 0 aliphatic heterocycles. The van der Waals surface area contributed by atoms with Crippen molar-refractivity contribution in [3.05, 3.63) is 46.8 Å². The van der Waals surface area contributed by atoms with Crippen LogP contribution in [0.4, 0.5) is 18.9 Å². The summed E-state index contributed by atoms with van der Waals surface area (Å²) in [6.07, 6.45) is -5.59. The van der Waals surface area contributed by atoms with Crippen LogP contribution in [-0.4, -0.2) is 40.1 Å². The molecule has 9 nitrogen and oxygen atoms in total. The summed E-state index contributed by atoms with van der Waals surface area (Å²) >= 11 is 0. The van der Waals surface area contributed by atoms with Gasteiger partial charge in [-0.2, -0.15) is 26.6 Å². The number of alkyl halides is 3. The van der Waals surface area contributed by atoms with Gasteiger partial charge in [0.05, 0.1) is 22.9 Å². The van der Waals surface area contributed by atoms with Crippen LogP contribution in [0.5, 0.6) is 0 Å². The van der Waals surface area contributed by atoms with Crippen LogP contribution in [0.1, 0.15) is 41.2 Å². The standard InChI is InChI=1S/C18H18F3N5O4S/c1-9(2)30-15(27)12-6-5-7-13(18(19,20)21)14(12)25-31(28,29)17-23-16-22-10(3)8-11(4)26(16)24-17/h5-9,25H,1-4H3. The predicted octanol–water partition coefficient (Wildman–Crippen LogP) is 3.13. The second kappa shape index (κ2) is 7.80. The van der Waals surface area contributed by atoms with Gasteiger partial charge in [-0.1, -0.05) is 6.07 Å². The van der Waals surface area contributed by atoms with Crippen molar-refractivity contribution < 1.29 is 31.1 Å². The Balaban J connectivity index is 2.14. The molecule has 0 unspecified atom stereocenters. The van der Waals surface area contributed by atoms with Gasteiger partial charge in [0.2, 0.25) is 0 Å². The molecule has 166 valence electrons. The first kappa shape index (κ1) is 22.5. The van der Waals surface area contributed by atoms with E-state index in [4.69, 9.17) is 4.74 Å². The van der Waals surface area contributed by atoms with Gasteiger partial charge in [0.1, 0.15) is 0 Å². The van der Waals surface area contributed by atoms with Gasteiger partial charge >= 0.3 is 12.1 Å². The SMILES string of the molecule is Cc1cc(C)n2nc(S(=O)(=O)Nc3c(C(=O)OC(C)C)cccc3C(F)(F)F)nc2n1. The molecule has 0 aliphatic carbocycles. The van der Waals surface area contributed by atoms with Crippen LogP contribution < -0.4 is 4.72 Å². The third-order valence-electron chi connectivity index (χ3n) is 4.01. The molecule has 1 aromatic carbocycles. The van der Waals surface area contributed by atoms with Crippen molar-refractivity contribution in [1.29, 1.82) is 0 Å². The fraction of sp³-hybridized carbons (Fsp3) is 0.333. The molecular weight excluding hydrogens is 439 g/mol. The van der Waals surface area contributed by atoms with Crippen molar-refractivity contribution >= 4 is 27.5 Å². The Morgan fingerprint density at radius 3 is 2.48 bits per heavy atom. The molecule has 3 rings (SSSR count). The highest BCUT2D eigenvalue weighted by Gasteiger charge is 2.37. The van der Waals surface area contributed by atoms with Gasteiger partial charge in [0, 0.05) is 11.4 Å². The highest BCUT2D eigenvalue weighted by molar-refractivity contribution is 7.92. The molecular formula is C18H18F3N5O4S. The molecule has 3 aromatic rings. The fourth-order valence-electron chi connectivity index (χ4n) is 2.79. The third kappa shape index (κ3) is 4.60. The molecule has 0 fully saturated rings. The normalized spacial score (nSPS) is 12.4. The lowest BCUT2D eigenvalue weighted by atomic mass is 10.1. The van der Waals surface area contributed by atoms with Gasteiger partial charge in [-0.25, -0.2) is 14.3 Å². The zero-order chi connectivity index (χ0) is 23.1. The molecule has 0 amide bonds. The number of hydrogen-bond donors (Lipinski definition) is 1. The van der Waals surface area contributed by atoms with Crippen molar-refractivity contribution in [2.75, 3.05) is 4.72 Å². The van der Waals surface area contributed by atoms with Crippen molar-refractivity contribution in [2.24, 2.45) is 0 Å². The quantitative estimate of drug-likeness (QED) is 0.585. The van der Waals surface area contributed by atoms with Crippen molar-refractivity contribution in [3.8, 4) is 0 Å². The number of benzene rings is 1. The molecule has 0 bridgehead atoms. The lowest BCUT2D eigenvalue weighted by molar-refractivity contribution is -0.136. The average molecular weight is 457 g/mol. The number of carbonyl (C=O) groups excluding carboxylic acids is 1. The van der Waals surface area contributed by atoms with Crippen LogP contribution in [0.15, 0.2) is 29.4 Å². The van der Waals surface area contributed by atoms with Crippen molar-refractivity contribution in [1.82, 2.24) is 19.6 Å².